The van der Waals surface area contributed by atoms with E-state index in [4.69, 9.17) is 10.5 Å². The summed E-state index contributed by atoms with van der Waals surface area (Å²) in [6, 6.07) is 0.405. The van der Waals surface area contributed by atoms with Crippen molar-refractivity contribution in [3.05, 3.63) is 0 Å². The lowest BCUT2D eigenvalue weighted by atomic mass is 9.75. The first-order valence-corrected chi connectivity index (χ1v) is 7.03. The SMILES string of the molecule is COCC(C)C(CN)N(C)CC1(N(C)C)CCC1. The van der Waals surface area contributed by atoms with E-state index < -0.39 is 0 Å². The van der Waals surface area contributed by atoms with E-state index in [9.17, 15) is 0 Å². The molecule has 2 N–H and O–H groups in total. The van der Waals surface area contributed by atoms with E-state index in [0.717, 1.165) is 13.2 Å². The molecule has 1 aliphatic carbocycles. The second-order valence-electron chi connectivity index (χ2n) is 6.12. The molecule has 0 aromatic carbocycles. The van der Waals surface area contributed by atoms with Gasteiger partial charge in [-0.25, -0.2) is 0 Å². The van der Waals surface area contributed by atoms with E-state index in [-0.39, 0.29) is 0 Å². The van der Waals surface area contributed by atoms with Crippen molar-refractivity contribution in [2.75, 3.05) is 47.9 Å². The highest BCUT2D eigenvalue weighted by Gasteiger charge is 2.41. The topological polar surface area (TPSA) is 41.7 Å². The van der Waals surface area contributed by atoms with Crippen molar-refractivity contribution >= 4 is 0 Å². The van der Waals surface area contributed by atoms with Crippen molar-refractivity contribution in [1.29, 1.82) is 0 Å². The van der Waals surface area contributed by atoms with Crippen LogP contribution >= 0.6 is 0 Å². The van der Waals surface area contributed by atoms with Gasteiger partial charge in [-0.1, -0.05) is 6.92 Å². The molecule has 2 atom stereocenters. The molecular weight excluding hydrogens is 226 g/mol. The van der Waals surface area contributed by atoms with Crippen LogP contribution in [-0.4, -0.2) is 69.3 Å². The van der Waals surface area contributed by atoms with Crippen LogP contribution < -0.4 is 5.73 Å². The highest BCUT2D eigenvalue weighted by Crippen LogP contribution is 2.37. The van der Waals surface area contributed by atoms with Crippen LogP contribution in [-0.2, 0) is 4.74 Å². The van der Waals surface area contributed by atoms with Gasteiger partial charge in [0, 0.05) is 31.8 Å². The van der Waals surface area contributed by atoms with Crippen LogP contribution in [0.4, 0.5) is 0 Å². The van der Waals surface area contributed by atoms with Gasteiger partial charge in [0.2, 0.25) is 0 Å². The summed E-state index contributed by atoms with van der Waals surface area (Å²) in [6.07, 6.45) is 3.97. The van der Waals surface area contributed by atoms with Gasteiger partial charge in [-0.3, -0.25) is 4.90 Å². The number of rotatable bonds is 8. The molecule has 1 fully saturated rings. The molecule has 0 bridgehead atoms. The van der Waals surface area contributed by atoms with Crippen molar-refractivity contribution in [2.24, 2.45) is 11.7 Å². The smallest absolute Gasteiger partial charge is 0.0503 e. The number of ether oxygens (including phenoxy) is 1. The summed E-state index contributed by atoms with van der Waals surface area (Å²) in [5.74, 6) is 0.476. The van der Waals surface area contributed by atoms with Crippen LogP contribution in [0.5, 0.6) is 0 Å². The van der Waals surface area contributed by atoms with Crippen molar-refractivity contribution < 1.29 is 4.74 Å². The molecule has 1 rings (SSSR count). The number of hydrogen-bond acceptors (Lipinski definition) is 4. The second-order valence-corrected chi connectivity index (χ2v) is 6.12. The molecule has 0 heterocycles. The molecule has 0 amide bonds. The molecule has 0 spiro atoms. The first kappa shape index (κ1) is 15.9. The van der Waals surface area contributed by atoms with Gasteiger partial charge >= 0.3 is 0 Å². The van der Waals surface area contributed by atoms with Gasteiger partial charge in [0.15, 0.2) is 0 Å². The molecule has 1 aliphatic rings. The van der Waals surface area contributed by atoms with Crippen LogP contribution in [0.3, 0.4) is 0 Å². The summed E-state index contributed by atoms with van der Waals surface area (Å²) < 4.78 is 5.26. The maximum Gasteiger partial charge on any atom is 0.0503 e. The van der Waals surface area contributed by atoms with E-state index in [2.05, 4.69) is 37.9 Å². The quantitative estimate of drug-likeness (QED) is 0.705. The van der Waals surface area contributed by atoms with Crippen molar-refractivity contribution in [3.8, 4) is 0 Å². The number of nitrogens with two attached hydrogens (primary N) is 1. The van der Waals surface area contributed by atoms with Gasteiger partial charge in [-0.05, 0) is 46.3 Å². The fourth-order valence-corrected chi connectivity index (χ4v) is 3.13. The molecular formula is C14H31N3O. The van der Waals surface area contributed by atoms with Crippen LogP contribution in [0.1, 0.15) is 26.2 Å². The molecule has 4 heteroatoms. The Morgan fingerprint density at radius 3 is 2.22 bits per heavy atom. The fraction of sp³-hybridized carbons (Fsp3) is 1.00. The van der Waals surface area contributed by atoms with E-state index in [1.165, 1.54) is 19.3 Å². The highest BCUT2D eigenvalue weighted by molar-refractivity contribution is 4.99. The average molecular weight is 257 g/mol. The second kappa shape index (κ2) is 6.85. The van der Waals surface area contributed by atoms with Gasteiger partial charge in [0.1, 0.15) is 0 Å². The highest BCUT2D eigenvalue weighted by atomic mass is 16.5. The zero-order valence-electron chi connectivity index (χ0n) is 12.8. The Morgan fingerprint density at radius 2 is 1.89 bits per heavy atom. The lowest BCUT2D eigenvalue weighted by molar-refractivity contribution is 0.00297. The maximum absolute atomic E-state index is 5.95. The molecule has 0 saturated heterocycles. The zero-order valence-corrected chi connectivity index (χ0v) is 12.8. The molecule has 0 aliphatic heterocycles. The summed E-state index contributed by atoms with van der Waals surface area (Å²) in [5, 5.41) is 0. The Balaban J connectivity index is 2.58. The van der Waals surface area contributed by atoms with Crippen molar-refractivity contribution in [1.82, 2.24) is 9.80 Å². The maximum atomic E-state index is 5.95. The number of hydrogen-bond donors (Lipinski definition) is 1. The summed E-state index contributed by atoms with van der Waals surface area (Å²) >= 11 is 0. The van der Waals surface area contributed by atoms with Crippen molar-refractivity contribution in [3.63, 3.8) is 0 Å². The average Bonchev–Trinajstić information content (AvgIpc) is 2.24. The van der Waals surface area contributed by atoms with Crippen molar-refractivity contribution in [2.45, 2.75) is 37.8 Å². The molecule has 4 nitrogen and oxygen atoms in total. The largest absolute Gasteiger partial charge is 0.384 e. The molecule has 0 aromatic heterocycles. The van der Waals surface area contributed by atoms with Gasteiger partial charge < -0.3 is 15.4 Å². The third kappa shape index (κ3) is 3.44. The predicted octanol–water partition coefficient (Wildman–Crippen LogP) is 1.01. The van der Waals surface area contributed by atoms with Gasteiger partial charge in [0.25, 0.3) is 0 Å². The first-order valence-electron chi connectivity index (χ1n) is 7.03. The molecule has 108 valence electrons. The molecule has 0 aromatic rings. The Labute approximate surface area is 112 Å². The predicted molar refractivity (Wildman–Crippen MR) is 76.8 cm³/mol. The zero-order chi connectivity index (χ0) is 13.8. The first-order chi connectivity index (χ1) is 8.46. The van der Waals surface area contributed by atoms with Gasteiger partial charge in [-0.2, -0.15) is 0 Å². The molecule has 18 heavy (non-hydrogen) atoms. The summed E-state index contributed by atoms with van der Waals surface area (Å²) in [5.41, 5.74) is 6.32. The van der Waals surface area contributed by atoms with Crippen LogP contribution in [0, 0.1) is 5.92 Å². The fourth-order valence-electron chi connectivity index (χ4n) is 3.13. The third-order valence-corrected chi connectivity index (χ3v) is 4.67. The minimum atomic E-state index is 0.370. The minimum absolute atomic E-state index is 0.370. The van der Waals surface area contributed by atoms with Crippen LogP contribution in [0.15, 0.2) is 0 Å². The summed E-state index contributed by atoms with van der Waals surface area (Å²) in [7, 11) is 8.36. The number of methoxy groups -OCH3 is 1. The molecule has 2 unspecified atom stereocenters. The van der Waals surface area contributed by atoms with Crippen LogP contribution in [0.2, 0.25) is 0 Å². The third-order valence-electron chi connectivity index (χ3n) is 4.67. The van der Waals surface area contributed by atoms with Crippen LogP contribution in [0.25, 0.3) is 0 Å². The monoisotopic (exact) mass is 257 g/mol. The lowest BCUT2D eigenvalue weighted by Crippen LogP contribution is -2.59. The minimum Gasteiger partial charge on any atom is -0.384 e. The lowest BCUT2D eigenvalue weighted by Gasteiger charge is -2.50. The van der Waals surface area contributed by atoms with E-state index >= 15 is 0 Å². The molecule has 1 saturated carbocycles. The van der Waals surface area contributed by atoms with Gasteiger partial charge in [0.05, 0.1) is 6.61 Å². The Hall–Kier alpha value is -0.160. The normalized spacial score (nSPS) is 22.0. The Morgan fingerprint density at radius 1 is 1.28 bits per heavy atom. The Bertz CT molecular complexity index is 241. The number of nitrogens with zero attached hydrogens (tertiary/aromatic N) is 2. The summed E-state index contributed by atoms with van der Waals surface area (Å²) in [4.78, 5) is 4.82. The number of likely N-dealkylation sites (N-methyl/N-ethyl adjacent to an activating group) is 2. The van der Waals surface area contributed by atoms with E-state index in [1.807, 2.05) is 0 Å². The Kier molecular flexibility index (Phi) is 6.05. The van der Waals surface area contributed by atoms with E-state index in [0.29, 0.717) is 24.0 Å². The van der Waals surface area contributed by atoms with E-state index in [1.54, 1.807) is 7.11 Å². The summed E-state index contributed by atoms with van der Waals surface area (Å²) in [6.45, 7) is 4.81. The van der Waals surface area contributed by atoms with Gasteiger partial charge in [-0.15, -0.1) is 0 Å². The molecule has 0 radical (unpaired) electrons. The standard InChI is InChI=1S/C14H31N3O/c1-12(10-18-5)13(9-15)17(4)11-14(16(2)3)7-6-8-14/h12-13H,6-11,15H2,1-5H3.